The van der Waals surface area contributed by atoms with Gasteiger partial charge < -0.3 is 9.47 Å². The van der Waals surface area contributed by atoms with Crippen molar-refractivity contribution < 1.29 is 0 Å². The predicted molar refractivity (Wildman–Crippen MR) is 192 cm³/mol. The average Bonchev–Trinajstić information content (AvgIpc) is 3.46. The SMILES string of the molecule is CN(c1ccccc1)c1ccc(-c2ccc(-c3ccc4c5ccccc5n(-c5cccc(-c6ccccc6)c5)c4c3)cc2)cc1. The summed E-state index contributed by atoms with van der Waals surface area (Å²) in [5, 5.41) is 2.53. The number of hydrogen-bond acceptors (Lipinski definition) is 1. The molecule has 0 fully saturated rings. The molecule has 8 rings (SSSR count). The van der Waals surface area contributed by atoms with E-state index < -0.39 is 0 Å². The van der Waals surface area contributed by atoms with E-state index in [2.05, 4.69) is 186 Å². The zero-order valence-corrected chi connectivity index (χ0v) is 25.1. The molecule has 0 unspecified atom stereocenters. The van der Waals surface area contributed by atoms with Crippen molar-refractivity contribution in [1.82, 2.24) is 4.57 Å². The van der Waals surface area contributed by atoms with E-state index in [1.54, 1.807) is 0 Å². The number of aromatic nitrogens is 1. The van der Waals surface area contributed by atoms with Crippen LogP contribution in [0.4, 0.5) is 11.4 Å². The molecule has 0 radical (unpaired) electrons. The Kier molecular flexibility index (Phi) is 6.73. The number of benzene rings is 7. The molecule has 2 nitrogen and oxygen atoms in total. The van der Waals surface area contributed by atoms with Crippen molar-refractivity contribution in [3.8, 4) is 39.1 Å². The largest absolute Gasteiger partial charge is 0.345 e. The molecule has 0 bridgehead atoms. The Bertz CT molecular complexity index is 2250. The Morgan fingerprint density at radius 3 is 1.58 bits per heavy atom. The minimum absolute atomic E-state index is 1.16. The summed E-state index contributed by atoms with van der Waals surface area (Å²) in [4.78, 5) is 2.21. The van der Waals surface area contributed by atoms with Crippen LogP contribution in [0, 0.1) is 0 Å². The number of rotatable bonds is 6. The number of nitrogens with zero attached hydrogens (tertiary/aromatic N) is 2. The van der Waals surface area contributed by atoms with Crippen molar-refractivity contribution in [3.05, 3.63) is 176 Å². The molecule has 0 N–H and O–H groups in total. The fraction of sp³-hybridized carbons (Fsp3) is 0.0233. The van der Waals surface area contributed by atoms with Crippen LogP contribution in [0.2, 0.25) is 0 Å². The summed E-state index contributed by atoms with van der Waals surface area (Å²) in [6.07, 6.45) is 0. The lowest BCUT2D eigenvalue weighted by Crippen LogP contribution is -2.08. The predicted octanol–water partition coefficient (Wildman–Crippen LogP) is 11.6. The van der Waals surface area contributed by atoms with Crippen LogP contribution >= 0.6 is 0 Å². The van der Waals surface area contributed by atoms with E-state index in [4.69, 9.17) is 0 Å². The van der Waals surface area contributed by atoms with Crippen LogP contribution in [-0.4, -0.2) is 11.6 Å². The highest BCUT2D eigenvalue weighted by Crippen LogP contribution is 2.36. The molecule has 1 heterocycles. The van der Waals surface area contributed by atoms with E-state index in [0.29, 0.717) is 0 Å². The van der Waals surface area contributed by atoms with Crippen molar-refractivity contribution in [1.29, 1.82) is 0 Å². The fourth-order valence-electron chi connectivity index (χ4n) is 6.42. The lowest BCUT2D eigenvalue weighted by Gasteiger charge is -2.19. The molecular formula is C43H32N2. The molecule has 0 spiro atoms. The van der Waals surface area contributed by atoms with Crippen molar-refractivity contribution in [2.45, 2.75) is 0 Å². The van der Waals surface area contributed by atoms with Crippen LogP contribution in [0.5, 0.6) is 0 Å². The van der Waals surface area contributed by atoms with Gasteiger partial charge in [-0.2, -0.15) is 0 Å². The lowest BCUT2D eigenvalue weighted by molar-refractivity contribution is 1.18. The number of anilines is 2. The summed E-state index contributed by atoms with van der Waals surface area (Å²) in [6, 6.07) is 63.2. The van der Waals surface area contributed by atoms with Crippen LogP contribution in [0.1, 0.15) is 0 Å². The van der Waals surface area contributed by atoms with E-state index >= 15 is 0 Å². The number of fused-ring (bicyclic) bond motifs is 3. The van der Waals surface area contributed by atoms with Crippen molar-refractivity contribution in [3.63, 3.8) is 0 Å². The molecule has 0 aliphatic heterocycles. The highest BCUT2D eigenvalue weighted by atomic mass is 15.1. The van der Waals surface area contributed by atoms with Gasteiger partial charge in [-0.25, -0.2) is 0 Å². The van der Waals surface area contributed by atoms with E-state index in [0.717, 1.165) is 5.69 Å². The molecule has 0 saturated heterocycles. The second-order valence-electron chi connectivity index (χ2n) is 11.5. The van der Waals surface area contributed by atoms with Gasteiger partial charge in [0, 0.05) is 34.9 Å². The summed E-state index contributed by atoms with van der Waals surface area (Å²) >= 11 is 0. The van der Waals surface area contributed by atoms with Crippen LogP contribution in [-0.2, 0) is 0 Å². The van der Waals surface area contributed by atoms with Gasteiger partial charge in [0.2, 0.25) is 0 Å². The zero-order chi connectivity index (χ0) is 30.2. The summed E-state index contributed by atoms with van der Waals surface area (Å²) in [5.41, 5.74) is 13.2. The third kappa shape index (κ3) is 4.97. The van der Waals surface area contributed by atoms with Crippen LogP contribution in [0.3, 0.4) is 0 Å². The van der Waals surface area contributed by atoms with E-state index in [1.165, 1.54) is 66.6 Å². The first-order chi connectivity index (χ1) is 22.2. The van der Waals surface area contributed by atoms with Gasteiger partial charge in [0.15, 0.2) is 0 Å². The van der Waals surface area contributed by atoms with Gasteiger partial charge in [-0.3, -0.25) is 0 Å². The first-order valence-corrected chi connectivity index (χ1v) is 15.4. The quantitative estimate of drug-likeness (QED) is 0.191. The topological polar surface area (TPSA) is 8.17 Å². The highest BCUT2D eigenvalue weighted by Gasteiger charge is 2.14. The molecule has 45 heavy (non-hydrogen) atoms. The van der Waals surface area contributed by atoms with Crippen LogP contribution < -0.4 is 4.90 Å². The maximum Gasteiger partial charge on any atom is 0.0547 e. The lowest BCUT2D eigenvalue weighted by atomic mass is 9.99. The van der Waals surface area contributed by atoms with Crippen LogP contribution in [0.15, 0.2) is 176 Å². The average molecular weight is 577 g/mol. The van der Waals surface area contributed by atoms with Gasteiger partial charge in [-0.1, -0.05) is 127 Å². The molecule has 0 aliphatic rings. The van der Waals surface area contributed by atoms with Crippen LogP contribution in [0.25, 0.3) is 60.9 Å². The van der Waals surface area contributed by atoms with Gasteiger partial charge in [-0.15, -0.1) is 0 Å². The Morgan fingerprint density at radius 2 is 0.844 bits per heavy atom. The summed E-state index contributed by atoms with van der Waals surface area (Å²) in [7, 11) is 2.11. The van der Waals surface area contributed by atoms with Gasteiger partial charge in [-0.05, 0) is 81.9 Å². The third-order valence-corrected chi connectivity index (χ3v) is 8.83. The molecule has 8 aromatic rings. The molecule has 1 aromatic heterocycles. The third-order valence-electron chi connectivity index (χ3n) is 8.83. The second-order valence-corrected chi connectivity index (χ2v) is 11.5. The standard InChI is InChI=1S/C43H32N2/c1-44(37-14-6-3-7-15-37)38-26-23-33(24-27-38)32-19-21-34(22-20-32)36-25-28-41-40-17-8-9-18-42(40)45(43(41)30-36)39-16-10-13-35(29-39)31-11-4-2-5-12-31/h2-30H,1H3. The van der Waals surface area contributed by atoms with Gasteiger partial charge in [0.1, 0.15) is 0 Å². The number of hydrogen-bond donors (Lipinski definition) is 0. The molecule has 0 aliphatic carbocycles. The minimum Gasteiger partial charge on any atom is -0.345 e. The number of para-hydroxylation sites is 2. The first kappa shape index (κ1) is 26.7. The highest BCUT2D eigenvalue weighted by molar-refractivity contribution is 6.10. The minimum atomic E-state index is 1.16. The Hall–Kier alpha value is -5.86. The molecule has 214 valence electrons. The molecule has 0 atom stereocenters. The summed E-state index contributed by atoms with van der Waals surface area (Å²) < 4.78 is 2.41. The fourth-order valence-corrected chi connectivity index (χ4v) is 6.42. The van der Waals surface area contributed by atoms with Gasteiger partial charge >= 0.3 is 0 Å². The smallest absolute Gasteiger partial charge is 0.0547 e. The Balaban J connectivity index is 1.15. The normalized spacial score (nSPS) is 11.2. The zero-order valence-electron chi connectivity index (χ0n) is 25.1. The van der Waals surface area contributed by atoms with E-state index in [9.17, 15) is 0 Å². The monoisotopic (exact) mass is 576 g/mol. The first-order valence-electron chi connectivity index (χ1n) is 15.4. The maximum absolute atomic E-state index is 2.41. The van der Waals surface area contributed by atoms with Crippen molar-refractivity contribution in [2.75, 3.05) is 11.9 Å². The molecule has 7 aromatic carbocycles. The summed E-state index contributed by atoms with van der Waals surface area (Å²) in [5.74, 6) is 0. The Morgan fingerprint density at radius 1 is 0.356 bits per heavy atom. The molecule has 0 amide bonds. The van der Waals surface area contributed by atoms with Crippen molar-refractivity contribution >= 4 is 33.2 Å². The second kappa shape index (κ2) is 11.3. The molecule has 2 heteroatoms. The molecular weight excluding hydrogens is 544 g/mol. The molecule has 0 saturated carbocycles. The van der Waals surface area contributed by atoms with Gasteiger partial charge in [0.05, 0.1) is 11.0 Å². The van der Waals surface area contributed by atoms with E-state index in [1.807, 2.05) is 6.07 Å². The van der Waals surface area contributed by atoms with Crippen molar-refractivity contribution in [2.24, 2.45) is 0 Å². The summed E-state index contributed by atoms with van der Waals surface area (Å²) in [6.45, 7) is 0. The Labute approximate surface area is 264 Å². The maximum atomic E-state index is 2.41. The van der Waals surface area contributed by atoms with Gasteiger partial charge in [0.25, 0.3) is 0 Å². The van der Waals surface area contributed by atoms with E-state index in [-0.39, 0.29) is 0 Å².